The van der Waals surface area contributed by atoms with Crippen molar-refractivity contribution in [1.82, 2.24) is 14.1 Å². The predicted octanol–water partition coefficient (Wildman–Crippen LogP) is 2.06. The van der Waals surface area contributed by atoms with Crippen molar-refractivity contribution in [1.29, 1.82) is 0 Å². The van der Waals surface area contributed by atoms with Crippen LogP contribution in [0.5, 0.6) is 0 Å². The third-order valence-corrected chi connectivity index (χ3v) is 6.11. The zero-order chi connectivity index (χ0) is 15.6. The van der Waals surface area contributed by atoms with Gasteiger partial charge >= 0.3 is 0 Å². The van der Waals surface area contributed by atoms with Gasteiger partial charge in [0.25, 0.3) is 0 Å². The summed E-state index contributed by atoms with van der Waals surface area (Å²) in [6.45, 7) is 1.18. The van der Waals surface area contributed by atoms with Crippen molar-refractivity contribution in [2.24, 2.45) is 13.0 Å². The minimum Gasteiger partial charge on any atom is -0.274 e. The van der Waals surface area contributed by atoms with Gasteiger partial charge in [-0.1, -0.05) is 30.3 Å². The minimum atomic E-state index is -3.39. The van der Waals surface area contributed by atoms with Gasteiger partial charge in [-0.3, -0.25) is 4.68 Å². The first kappa shape index (κ1) is 15.2. The second kappa shape index (κ2) is 6.22. The molecule has 1 aromatic carbocycles. The van der Waals surface area contributed by atoms with Gasteiger partial charge in [0, 0.05) is 26.3 Å². The van der Waals surface area contributed by atoms with E-state index >= 15 is 0 Å². The zero-order valence-corrected chi connectivity index (χ0v) is 13.5. The molecule has 22 heavy (non-hydrogen) atoms. The molecule has 0 unspecified atom stereocenters. The van der Waals surface area contributed by atoms with Crippen LogP contribution in [-0.2, 0) is 23.5 Å². The molecule has 0 aliphatic carbocycles. The van der Waals surface area contributed by atoms with Crippen LogP contribution >= 0.6 is 0 Å². The molecule has 1 saturated heterocycles. The van der Waals surface area contributed by atoms with Crippen LogP contribution in [0.15, 0.2) is 47.6 Å². The number of piperidine rings is 1. The summed E-state index contributed by atoms with van der Waals surface area (Å²) >= 11 is 0. The van der Waals surface area contributed by atoms with Gasteiger partial charge in [0.2, 0.25) is 10.0 Å². The van der Waals surface area contributed by atoms with Gasteiger partial charge in [0.05, 0.1) is 6.20 Å². The first-order valence-electron chi connectivity index (χ1n) is 7.58. The molecule has 1 aromatic heterocycles. The molecule has 118 valence electrons. The number of nitrogens with zero attached hydrogens (tertiary/aromatic N) is 3. The Kier molecular flexibility index (Phi) is 4.31. The molecular formula is C16H21N3O2S. The number of benzene rings is 1. The molecule has 2 aromatic rings. The van der Waals surface area contributed by atoms with Crippen molar-refractivity contribution in [2.45, 2.75) is 24.2 Å². The zero-order valence-electron chi connectivity index (χ0n) is 12.7. The lowest BCUT2D eigenvalue weighted by Crippen LogP contribution is -2.38. The molecule has 0 amide bonds. The Balaban J connectivity index is 1.62. The predicted molar refractivity (Wildman–Crippen MR) is 84.8 cm³/mol. The number of hydrogen-bond acceptors (Lipinski definition) is 3. The first-order chi connectivity index (χ1) is 10.6. The highest BCUT2D eigenvalue weighted by molar-refractivity contribution is 7.89. The van der Waals surface area contributed by atoms with E-state index in [4.69, 9.17) is 0 Å². The van der Waals surface area contributed by atoms with Crippen LogP contribution in [0.2, 0.25) is 0 Å². The number of sulfonamides is 1. The molecule has 0 N–H and O–H groups in total. The number of aromatic nitrogens is 2. The highest BCUT2D eigenvalue weighted by atomic mass is 32.2. The van der Waals surface area contributed by atoms with E-state index in [9.17, 15) is 8.42 Å². The first-order valence-corrected chi connectivity index (χ1v) is 9.02. The van der Waals surface area contributed by atoms with E-state index < -0.39 is 10.0 Å². The summed E-state index contributed by atoms with van der Waals surface area (Å²) in [6.07, 6.45) is 5.83. The summed E-state index contributed by atoms with van der Waals surface area (Å²) in [5.41, 5.74) is 1.33. The minimum absolute atomic E-state index is 0.288. The van der Waals surface area contributed by atoms with Crippen molar-refractivity contribution in [3.8, 4) is 0 Å². The van der Waals surface area contributed by atoms with Gasteiger partial charge in [-0.2, -0.15) is 9.40 Å². The lowest BCUT2D eigenvalue weighted by atomic mass is 9.91. The Morgan fingerprint density at radius 3 is 2.45 bits per heavy atom. The fraction of sp³-hybridized carbons (Fsp3) is 0.438. The average Bonchev–Trinajstić information content (AvgIpc) is 2.96. The van der Waals surface area contributed by atoms with Gasteiger partial charge in [0.15, 0.2) is 0 Å². The maximum absolute atomic E-state index is 12.5. The SMILES string of the molecule is Cn1cc(S(=O)(=O)N2CCC(Cc3ccccc3)CC2)cn1. The molecule has 0 atom stereocenters. The van der Waals surface area contributed by atoms with Crippen LogP contribution in [0.1, 0.15) is 18.4 Å². The van der Waals surface area contributed by atoms with Gasteiger partial charge in [-0.05, 0) is 30.7 Å². The van der Waals surface area contributed by atoms with Crippen LogP contribution in [-0.4, -0.2) is 35.6 Å². The van der Waals surface area contributed by atoms with E-state index in [1.165, 1.54) is 16.4 Å². The van der Waals surface area contributed by atoms with Gasteiger partial charge in [-0.15, -0.1) is 0 Å². The lowest BCUT2D eigenvalue weighted by Gasteiger charge is -2.30. The van der Waals surface area contributed by atoms with Crippen molar-refractivity contribution in [3.63, 3.8) is 0 Å². The average molecular weight is 319 g/mol. The fourth-order valence-electron chi connectivity index (χ4n) is 2.98. The Labute approximate surface area is 131 Å². The Hall–Kier alpha value is -1.66. The summed E-state index contributed by atoms with van der Waals surface area (Å²) in [4.78, 5) is 0.288. The largest absolute Gasteiger partial charge is 0.274 e. The maximum Gasteiger partial charge on any atom is 0.246 e. The van der Waals surface area contributed by atoms with Crippen LogP contribution in [0.4, 0.5) is 0 Å². The summed E-state index contributed by atoms with van der Waals surface area (Å²) < 4.78 is 28.2. The smallest absolute Gasteiger partial charge is 0.246 e. The molecule has 6 heteroatoms. The topological polar surface area (TPSA) is 55.2 Å². The van der Waals surface area contributed by atoms with E-state index in [2.05, 4.69) is 29.4 Å². The second-order valence-corrected chi connectivity index (χ2v) is 7.82. The second-order valence-electron chi connectivity index (χ2n) is 5.89. The molecule has 2 heterocycles. The molecule has 1 aliphatic rings. The van der Waals surface area contributed by atoms with Crippen molar-refractivity contribution >= 4 is 10.0 Å². The molecule has 0 bridgehead atoms. The van der Waals surface area contributed by atoms with Gasteiger partial charge in [-0.25, -0.2) is 8.42 Å². The van der Waals surface area contributed by atoms with E-state index in [0.29, 0.717) is 19.0 Å². The lowest BCUT2D eigenvalue weighted by molar-refractivity contribution is 0.273. The van der Waals surface area contributed by atoms with Gasteiger partial charge < -0.3 is 0 Å². The number of hydrogen-bond donors (Lipinski definition) is 0. The third-order valence-electron chi connectivity index (χ3n) is 4.26. The maximum atomic E-state index is 12.5. The molecular weight excluding hydrogens is 298 g/mol. The Morgan fingerprint density at radius 1 is 1.18 bits per heavy atom. The van der Waals surface area contributed by atoms with Crippen LogP contribution in [0.25, 0.3) is 0 Å². The molecule has 0 radical (unpaired) electrons. The van der Waals surface area contributed by atoms with E-state index in [0.717, 1.165) is 19.3 Å². The van der Waals surface area contributed by atoms with Gasteiger partial charge in [0.1, 0.15) is 4.90 Å². The van der Waals surface area contributed by atoms with E-state index in [-0.39, 0.29) is 4.90 Å². The summed E-state index contributed by atoms with van der Waals surface area (Å²) in [5.74, 6) is 0.558. The summed E-state index contributed by atoms with van der Waals surface area (Å²) in [5, 5.41) is 3.96. The van der Waals surface area contributed by atoms with E-state index in [1.807, 2.05) is 6.07 Å². The number of rotatable bonds is 4. The number of aryl methyl sites for hydroxylation is 1. The normalized spacial score (nSPS) is 17.7. The van der Waals surface area contributed by atoms with Crippen molar-refractivity contribution < 1.29 is 8.42 Å². The molecule has 0 spiro atoms. The fourth-order valence-corrected chi connectivity index (χ4v) is 4.44. The third kappa shape index (κ3) is 3.23. The molecule has 3 rings (SSSR count). The highest BCUT2D eigenvalue weighted by Crippen LogP contribution is 2.25. The Bertz CT molecular complexity index is 717. The quantitative estimate of drug-likeness (QED) is 0.867. The molecule has 1 fully saturated rings. The van der Waals surface area contributed by atoms with Crippen molar-refractivity contribution in [3.05, 3.63) is 48.3 Å². The van der Waals surface area contributed by atoms with Crippen molar-refractivity contribution in [2.75, 3.05) is 13.1 Å². The van der Waals surface area contributed by atoms with E-state index in [1.54, 1.807) is 17.5 Å². The summed E-state index contributed by atoms with van der Waals surface area (Å²) in [6, 6.07) is 10.4. The standard InChI is InChI=1S/C16H21N3O2S/c1-18-13-16(12-17-18)22(20,21)19-9-7-15(8-10-19)11-14-5-3-2-4-6-14/h2-6,12-13,15H,7-11H2,1H3. The monoisotopic (exact) mass is 319 g/mol. The Morgan fingerprint density at radius 2 is 1.86 bits per heavy atom. The molecule has 0 saturated carbocycles. The van der Waals surface area contributed by atoms with Crippen LogP contribution in [0.3, 0.4) is 0 Å². The van der Waals surface area contributed by atoms with Crippen LogP contribution < -0.4 is 0 Å². The van der Waals surface area contributed by atoms with Crippen LogP contribution in [0, 0.1) is 5.92 Å². The summed E-state index contributed by atoms with van der Waals surface area (Å²) in [7, 11) is -1.66. The highest BCUT2D eigenvalue weighted by Gasteiger charge is 2.30. The molecule has 1 aliphatic heterocycles. The molecule has 5 nitrogen and oxygen atoms in total.